The van der Waals surface area contributed by atoms with Gasteiger partial charge < -0.3 is 19.3 Å². The van der Waals surface area contributed by atoms with Crippen LogP contribution >= 0.6 is 15.9 Å². The molecule has 400 valence electrons. The van der Waals surface area contributed by atoms with Gasteiger partial charge in [-0.2, -0.15) is 35.3 Å². The number of methoxy groups -OCH3 is 2. The zero-order chi connectivity index (χ0) is 55.3. The fourth-order valence-electron chi connectivity index (χ4n) is 9.17. The highest BCUT2D eigenvalue weighted by molar-refractivity contribution is 9.10. The number of fused-ring (bicyclic) bond motifs is 2. The summed E-state index contributed by atoms with van der Waals surface area (Å²) in [5.41, 5.74) is 10.4. The van der Waals surface area contributed by atoms with Crippen molar-refractivity contribution < 1.29 is 17.9 Å². The fraction of sp³-hybridized carbons (Fsp3) is 0.214. The lowest BCUT2D eigenvalue weighted by molar-refractivity contribution is 0.414. The van der Waals surface area contributed by atoms with Crippen molar-refractivity contribution in [2.75, 3.05) is 73.2 Å². The lowest BCUT2D eigenvalue weighted by Crippen LogP contribution is -2.40. The number of nitrogens with one attached hydrogen (secondary N) is 1. The second-order valence-electron chi connectivity index (χ2n) is 18.6. The summed E-state index contributed by atoms with van der Waals surface area (Å²) in [5, 5.41) is 36.6. The van der Waals surface area contributed by atoms with E-state index in [0.29, 0.717) is 66.0 Å². The molecule has 2 aromatic carbocycles. The van der Waals surface area contributed by atoms with Gasteiger partial charge in [0.1, 0.15) is 35.3 Å². The number of pyridine rings is 4. The highest BCUT2D eigenvalue weighted by Gasteiger charge is 2.24. The summed E-state index contributed by atoms with van der Waals surface area (Å²) >= 11 is 3.32. The Labute approximate surface area is 465 Å². The average molecular weight is 1160 g/mol. The van der Waals surface area contributed by atoms with Crippen molar-refractivity contribution in [1.82, 2.24) is 48.8 Å². The van der Waals surface area contributed by atoms with E-state index in [1.807, 2.05) is 130 Å². The maximum Gasteiger partial charge on any atom is 0.128 e. The van der Waals surface area contributed by atoms with E-state index >= 15 is 0 Å². The molecule has 2 saturated heterocycles. The zero-order valence-corrected chi connectivity index (χ0v) is 46.8. The van der Waals surface area contributed by atoms with Crippen molar-refractivity contribution in [3.05, 3.63) is 162 Å². The van der Waals surface area contributed by atoms with E-state index in [2.05, 4.69) is 67.6 Å². The Kier molecular flexibility index (Phi) is 15.6. The number of hydrogen-bond acceptors (Lipinski definition) is 16. The lowest BCUT2D eigenvalue weighted by atomic mass is 10.0. The van der Waals surface area contributed by atoms with Gasteiger partial charge in [0.2, 0.25) is 0 Å². The number of halogens is 1. The van der Waals surface area contributed by atoms with Crippen molar-refractivity contribution in [3.8, 4) is 68.1 Å². The van der Waals surface area contributed by atoms with E-state index in [0.717, 1.165) is 83.1 Å². The van der Waals surface area contributed by atoms with Gasteiger partial charge in [-0.15, -0.1) is 0 Å². The Morgan fingerprint density at radius 3 is 1.39 bits per heavy atom. The van der Waals surface area contributed by atoms with Crippen LogP contribution < -0.4 is 19.3 Å². The van der Waals surface area contributed by atoms with Crippen LogP contribution in [0.4, 0.5) is 17.3 Å². The molecule has 0 spiro atoms. The van der Waals surface area contributed by atoms with Crippen LogP contribution in [0, 0.1) is 27.4 Å². The Hall–Kier alpha value is -8.90. The van der Waals surface area contributed by atoms with Crippen LogP contribution in [0.25, 0.3) is 55.5 Å². The molecule has 2 aliphatic rings. The Morgan fingerprint density at radius 2 is 1.00 bits per heavy atom. The van der Waals surface area contributed by atoms with E-state index in [9.17, 15) is 18.9 Å². The molecular weight excluding hydrogens is 1100 g/mol. The topological polar surface area (TPSA) is 239 Å². The van der Waals surface area contributed by atoms with Crippen LogP contribution in [0.15, 0.2) is 156 Å². The number of rotatable bonds is 9. The molecule has 10 aromatic rings. The van der Waals surface area contributed by atoms with E-state index in [1.165, 1.54) is 0 Å². The molecule has 12 rings (SSSR count). The van der Waals surface area contributed by atoms with Crippen LogP contribution in [0.2, 0.25) is 0 Å². The molecule has 1 N–H and O–H groups in total. The molecule has 0 radical (unpaired) electrons. The Bertz CT molecular complexity index is 4130. The first-order chi connectivity index (χ1) is 38.2. The van der Waals surface area contributed by atoms with Gasteiger partial charge in [-0.25, -0.2) is 27.4 Å². The summed E-state index contributed by atoms with van der Waals surface area (Å²) in [5.74, 6) is 4.92. The van der Waals surface area contributed by atoms with Gasteiger partial charge in [-0.3, -0.25) is 14.1 Å². The molecule has 20 nitrogen and oxygen atoms in total. The summed E-state index contributed by atoms with van der Waals surface area (Å²) in [6.45, 7) is 2.34. The van der Waals surface area contributed by atoms with Gasteiger partial charge in [-0.1, -0.05) is 15.9 Å². The SMILES string of the molecule is COc1ccc(Br)cc1.COc1ccc(N=S2(=O)CCN(c3ccc(-c4cc(-c5cnn(C)c5)cn5ncc(C#N)c45)cn3)CC2)cc1.Cn1cc(-c2cc(-c3ccc(N4CCS(=N)(=O)CC4)nc3)c3c(C#N)cnn3c2)cn1. The molecule has 10 heterocycles. The highest BCUT2D eigenvalue weighted by atomic mass is 79.9. The van der Waals surface area contributed by atoms with E-state index < -0.39 is 19.5 Å². The molecule has 23 heteroatoms. The summed E-state index contributed by atoms with van der Waals surface area (Å²) in [4.78, 5) is 13.6. The maximum atomic E-state index is 13.4. The van der Waals surface area contributed by atoms with E-state index in [-0.39, 0.29) is 0 Å². The summed E-state index contributed by atoms with van der Waals surface area (Å²) < 4.78 is 55.8. The van der Waals surface area contributed by atoms with Crippen LogP contribution in [0.1, 0.15) is 11.1 Å². The first-order valence-electron chi connectivity index (χ1n) is 24.8. The third-order valence-corrected chi connectivity index (χ3v) is 17.8. The normalized spacial score (nSPS) is 14.5. The number of benzene rings is 2. The third kappa shape index (κ3) is 12.1. The number of nitrogens with zero attached hydrogens (tertiary/aromatic N) is 15. The van der Waals surface area contributed by atoms with Gasteiger partial charge in [0.05, 0.1) is 76.6 Å². The van der Waals surface area contributed by atoms with Gasteiger partial charge in [0, 0.05) is 159 Å². The standard InChI is InChI=1S/C28H26N8O2S.C21H20N8OS.C7H7BrO/c1-34-18-23(17-31-34)21-13-26(28-22(14-29)16-32-36(28)19-21)20-3-8-27(30-15-20)35-9-11-39(37,12-10-35)33-24-4-6-25(38-2)7-5-24;1-27-13-18(12-25-27)16-8-19(21-17(9-22)11-26-29(21)14-16)15-2-3-20(24-10-15)28-4-6-31(23,30)7-5-28;1-9-7-4-2-6(8)3-5-7/h3-8,13,15-19H,9-12H2,1-2H3;2-3,8,10-14,23H,4-7H2,1H3;2-5H,1H3. The van der Waals surface area contributed by atoms with E-state index in [1.54, 1.807) is 63.6 Å². The van der Waals surface area contributed by atoms with Crippen LogP contribution in [-0.2, 0) is 33.6 Å². The summed E-state index contributed by atoms with van der Waals surface area (Å²) in [6.07, 6.45) is 18.0. The zero-order valence-electron chi connectivity index (χ0n) is 43.5. The van der Waals surface area contributed by atoms with Crippen LogP contribution in [0.3, 0.4) is 0 Å². The van der Waals surface area contributed by atoms with Crippen molar-refractivity contribution in [2.24, 2.45) is 18.5 Å². The predicted octanol–water partition coefficient (Wildman–Crippen LogP) is 9.29. The number of nitriles is 2. The molecular formula is C56H53BrN16O4S2. The number of hydrogen-bond donors (Lipinski definition) is 1. The minimum absolute atomic E-state index is 0.367. The Morgan fingerprint density at radius 1 is 0.557 bits per heavy atom. The maximum absolute atomic E-state index is 13.4. The van der Waals surface area contributed by atoms with Gasteiger partial charge in [0.15, 0.2) is 0 Å². The first kappa shape index (κ1) is 53.5. The van der Waals surface area contributed by atoms with Gasteiger partial charge in [0.25, 0.3) is 0 Å². The molecule has 0 unspecified atom stereocenters. The predicted molar refractivity (Wildman–Crippen MR) is 309 cm³/mol. The molecule has 0 atom stereocenters. The lowest BCUT2D eigenvalue weighted by Gasteiger charge is -2.29. The quantitative estimate of drug-likeness (QED) is 0.142. The smallest absolute Gasteiger partial charge is 0.128 e. The third-order valence-electron chi connectivity index (χ3n) is 13.4. The average Bonchev–Trinajstić information content (AvgIpc) is 4.32. The highest BCUT2D eigenvalue weighted by Crippen LogP contribution is 2.35. The minimum atomic E-state index is -2.45. The Balaban J connectivity index is 0.000000157. The molecule has 2 fully saturated rings. The van der Waals surface area contributed by atoms with Crippen molar-refractivity contribution in [3.63, 3.8) is 0 Å². The molecule has 79 heavy (non-hydrogen) atoms. The van der Waals surface area contributed by atoms with Crippen molar-refractivity contribution >= 4 is 63.7 Å². The van der Waals surface area contributed by atoms with Gasteiger partial charge in [-0.05, 0) is 84.9 Å². The number of anilines is 2. The molecule has 2 aliphatic heterocycles. The molecule has 8 aromatic heterocycles. The minimum Gasteiger partial charge on any atom is -0.497 e. The molecule has 0 bridgehead atoms. The number of aryl methyl sites for hydroxylation is 2. The first-order valence-corrected chi connectivity index (χ1v) is 29.4. The molecule has 0 aliphatic carbocycles. The monoisotopic (exact) mass is 1160 g/mol. The second-order valence-corrected chi connectivity index (χ2v) is 24.5. The number of aromatic nitrogens is 10. The molecule has 0 amide bonds. The number of ether oxygens (including phenoxy) is 2. The van der Waals surface area contributed by atoms with Crippen LogP contribution in [-0.4, -0.2) is 121 Å². The fourth-order valence-corrected chi connectivity index (χ4v) is 12.6. The summed E-state index contributed by atoms with van der Waals surface area (Å²) in [6, 6.07) is 31.4. The van der Waals surface area contributed by atoms with E-state index in [4.69, 9.17) is 19.2 Å². The summed E-state index contributed by atoms with van der Waals surface area (Å²) in [7, 11) is 2.23. The molecule has 0 saturated carbocycles. The second kappa shape index (κ2) is 23.0. The van der Waals surface area contributed by atoms with Crippen molar-refractivity contribution in [2.45, 2.75) is 0 Å². The van der Waals surface area contributed by atoms with Gasteiger partial charge >= 0.3 is 0 Å². The van der Waals surface area contributed by atoms with Crippen LogP contribution in [0.5, 0.6) is 11.5 Å². The van der Waals surface area contributed by atoms with Crippen molar-refractivity contribution in [1.29, 1.82) is 15.3 Å². The largest absolute Gasteiger partial charge is 0.497 e.